The van der Waals surface area contributed by atoms with E-state index in [9.17, 15) is 10.1 Å². The first-order valence-corrected chi connectivity index (χ1v) is 5.22. The molecule has 0 aromatic heterocycles. The lowest BCUT2D eigenvalue weighted by Crippen LogP contribution is -2.22. The third-order valence-electron chi connectivity index (χ3n) is 3.22. The first-order valence-electron chi connectivity index (χ1n) is 5.22. The maximum atomic E-state index is 10.6. The van der Waals surface area contributed by atoms with Crippen LogP contribution in [0, 0.1) is 16.0 Å². The van der Waals surface area contributed by atoms with E-state index in [1.165, 1.54) is 12.1 Å². The van der Waals surface area contributed by atoms with Gasteiger partial charge in [-0.1, -0.05) is 12.1 Å². The number of nitro benzene ring substituents is 1. The first-order chi connectivity index (χ1) is 7.58. The van der Waals surface area contributed by atoms with Crippen LogP contribution in [-0.4, -0.2) is 16.6 Å². The van der Waals surface area contributed by atoms with Gasteiger partial charge in [0.2, 0.25) is 0 Å². The highest BCUT2D eigenvalue weighted by Crippen LogP contribution is 2.51. The standard InChI is InChI=1S/C11H14N2O3/c12-11(7-9(11)4-5-14)8-2-1-3-10(6-8)13(15)16/h1-3,6,9,14H,4-5,7,12H2/t9-,11-/m1/s1. The number of hydrogen-bond donors (Lipinski definition) is 2. The predicted molar refractivity (Wildman–Crippen MR) is 58.8 cm³/mol. The van der Waals surface area contributed by atoms with Crippen molar-refractivity contribution in [1.29, 1.82) is 0 Å². The van der Waals surface area contributed by atoms with E-state index in [0.29, 0.717) is 6.42 Å². The van der Waals surface area contributed by atoms with Gasteiger partial charge in [-0.05, 0) is 24.3 Å². The third kappa shape index (κ3) is 1.79. The summed E-state index contributed by atoms with van der Waals surface area (Å²) in [5.74, 6) is 0.236. The van der Waals surface area contributed by atoms with E-state index in [0.717, 1.165) is 12.0 Å². The molecular formula is C11H14N2O3. The monoisotopic (exact) mass is 222 g/mol. The van der Waals surface area contributed by atoms with Crippen LogP contribution in [0.4, 0.5) is 5.69 Å². The highest BCUT2D eigenvalue weighted by Gasteiger charge is 2.51. The van der Waals surface area contributed by atoms with E-state index in [-0.39, 0.29) is 18.2 Å². The van der Waals surface area contributed by atoms with Crippen molar-refractivity contribution in [3.05, 3.63) is 39.9 Å². The van der Waals surface area contributed by atoms with Crippen molar-refractivity contribution in [3.63, 3.8) is 0 Å². The molecule has 5 nitrogen and oxygen atoms in total. The molecule has 0 amide bonds. The van der Waals surface area contributed by atoms with Gasteiger partial charge in [-0.2, -0.15) is 0 Å². The Bertz CT molecular complexity index is 421. The average Bonchev–Trinajstić information content (AvgIpc) is 2.92. The van der Waals surface area contributed by atoms with Gasteiger partial charge >= 0.3 is 0 Å². The van der Waals surface area contributed by atoms with Crippen LogP contribution in [0.25, 0.3) is 0 Å². The lowest BCUT2D eigenvalue weighted by atomic mass is 10.0. The Balaban J connectivity index is 2.22. The zero-order valence-electron chi connectivity index (χ0n) is 8.80. The summed E-state index contributed by atoms with van der Waals surface area (Å²) in [6.45, 7) is 0.110. The van der Waals surface area contributed by atoms with Crippen LogP contribution in [0.15, 0.2) is 24.3 Å². The van der Waals surface area contributed by atoms with E-state index in [4.69, 9.17) is 10.8 Å². The normalized spacial score (nSPS) is 27.8. The number of aliphatic hydroxyl groups is 1. The van der Waals surface area contributed by atoms with Gasteiger partial charge < -0.3 is 10.8 Å². The summed E-state index contributed by atoms with van der Waals surface area (Å²) >= 11 is 0. The molecule has 0 radical (unpaired) electrons. The summed E-state index contributed by atoms with van der Waals surface area (Å²) in [6.07, 6.45) is 1.44. The van der Waals surface area contributed by atoms with E-state index < -0.39 is 10.5 Å². The molecule has 0 bridgehead atoms. The topological polar surface area (TPSA) is 89.4 Å². The molecule has 0 aliphatic heterocycles. The quantitative estimate of drug-likeness (QED) is 0.590. The Morgan fingerprint density at radius 3 is 3.00 bits per heavy atom. The van der Waals surface area contributed by atoms with Crippen LogP contribution in [0.2, 0.25) is 0 Å². The summed E-state index contributed by atoms with van der Waals surface area (Å²) in [4.78, 5) is 10.2. The van der Waals surface area contributed by atoms with Gasteiger partial charge in [-0.3, -0.25) is 10.1 Å². The van der Waals surface area contributed by atoms with Crippen LogP contribution in [-0.2, 0) is 5.54 Å². The number of nitrogens with zero attached hydrogens (tertiary/aromatic N) is 1. The van der Waals surface area contributed by atoms with E-state index in [2.05, 4.69) is 0 Å². The predicted octanol–water partition coefficient (Wildman–Crippen LogP) is 1.15. The maximum absolute atomic E-state index is 10.6. The second kappa shape index (κ2) is 3.84. The molecule has 1 aliphatic rings. The van der Waals surface area contributed by atoms with Crippen LogP contribution in [0.1, 0.15) is 18.4 Å². The largest absolute Gasteiger partial charge is 0.396 e. The van der Waals surface area contributed by atoms with E-state index >= 15 is 0 Å². The van der Waals surface area contributed by atoms with Crippen molar-refractivity contribution >= 4 is 5.69 Å². The molecule has 1 aliphatic carbocycles. The number of rotatable bonds is 4. The van der Waals surface area contributed by atoms with Crippen molar-refractivity contribution in [1.82, 2.24) is 0 Å². The fourth-order valence-corrected chi connectivity index (χ4v) is 2.13. The van der Waals surface area contributed by atoms with Crippen molar-refractivity contribution in [2.45, 2.75) is 18.4 Å². The average molecular weight is 222 g/mol. The minimum atomic E-state index is -0.477. The second-order valence-corrected chi connectivity index (χ2v) is 4.26. The van der Waals surface area contributed by atoms with Crippen LogP contribution in [0.3, 0.4) is 0 Å². The Labute approximate surface area is 93.0 Å². The summed E-state index contributed by atoms with van der Waals surface area (Å²) in [7, 11) is 0. The lowest BCUT2D eigenvalue weighted by molar-refractivity contribution is -0.384. The molecule has 0 spiro atoms. The minimum Gasteiger partial charge on any atom is -0.396 e. The SMILES string of the molecule is N[C@@]1(c2cccc([N+](=O)[O-])c2)C[C@H]1CCO. The summed E-state index contributed by atoms with van der Waals surface area (Å²) in [5, 5.41) is 19.5. The van der Waals surface area contributed by atoms with Gasteiger partial charge in [0, 0.05) is 24.3 Å². The first kappa shape index (κ1) is 11.0. The third-order valence-corrected chi connectivity index (χ3v) is 3.22. The Morgan fingerprint density at radius 1 is 1.62 bits per heavy atom. The number of nitrogens with two attached hydrogens (primary N) is 1. The molecular weight excluding hydrogens is 208 g/mol. The van der Waals surface area contributed by atoms with Gasteiger partial charge in [-0.15, -0.1) is 0 Å². The lowest BCUT2D eigenvalue weighted by Gasteiger charge is -2.11. The van der Waals surface area contributed by atoms with Crippen molar-refractivity contribution in [2.75, 3.05) is 6.61 Å². The van der Waals surface area contributed by atoms with Crippen LogP contribution in [0.5, 0.6) is 0 Å². The summed E-state index contributed by atoms with van der Waals surface area (Å²) < 4.78 is 0. The maximum Gasteiger partial charge on any atom is 0.269 e. The summed E-state index contributed by atoms with van der Waals surface area (Å²) in [6, 6.07) is 6.44. The highest BCUT2D eigenvalue weighted by atomic mass is 16.6. The minimum absolute atomic E-state index is 0.0666. The van der Waals surface area contributed by atoms with Gasteiger partial charge in [0.1, 0.15) is 0 Å². The number of non-ortho nitro benzene ring substituents is 1. The molecule has 0 heterocycles. The zero-order valence-corrected chi connectivity index (χ0v) is 8.80. The van der Waals surface area contributed by atoms with Crippen LogP contribution >= 0.6 is 0 Å². The smallest absolute Gasteiger partial charge is 0.269 e. The van der Waals surface area contributed by atoms with Gasteiger partial charge in [-0.25, -0.2) is 0 Å². The molecule has 2 atom stereocenters. The number of nitro groups is 1. The zero-order chi connectivity index (χ0) is 11.8. The van der Waals surface area contributed by atoms with Gasteiger partial charge in [0.05, 0.1) is 4.92 Å². The Morgan fingerprint density at radius 2 is 2.38 bits per heavy atom. The summed E-state index contributed by atoms with van der Waals surface area (Å²) in [5.41, 5.74) is 6.51. The van der Waals surface area contributed by atoms with Crippen molar-refractivity contribution in [2.24, 2.45) is 11.7 Å². The Hall–Kier alpha value is -1.46. The number of hydrogen-bond acceptors (Lipinski definition) is 4. The molecule has 1 fully saturated rings. The molecule has 0 saturated heterocycles. The van der Waals surface area contributed by atoms with Crippen molar-refractivity contribution < 1.29 is 10.0 Å². The van der Waals surface area contributed by atoms with E-state index in [1.54, 1.807) is 6.07 Å². The van der Waals surface area contributed by atoms with E-state index in [1.807, 2.05) is 6.07 Å². The molecule has 1 saturated carbocycles. The molecule has 86 valence electrons. The fraction of sp³-hybridized carbons (Fsp3) is 0.455. The van der Waals surface area contributed by atoms with Gasteiger partial charge in [0.25, 0.3) is 5.69 Å². The molecule has 2 rings (SSSR count). The van der Waals surface area contributed by atoms with Crippen LogP contribution < -0.4 is 5.73 Å². The van der Waals surface area contributed by atoms with Gasteiger partial charge in [0.15, 0.2) is 0 Å². The molecule has 1 aromatic rings. The number of aliphatic hydroxyl groups excluding tert-OH is 1. The molecule has 1 aromatic carbocycles. The molecule has 3 N–H and O–H groups in total. The second-order valence-electron chi connectivity index (χ2n) is 4.26. The highest BCUT2D eigenvalue weighted by molar-refractivity contribution is 5.41. The molecule has 5 heteroatoms. The van der Waals surface area contributed by atoms with Crippen molar-refractivity contribution in [3.8, 4) is 0 Å². The fourth-order valence-electron chi connectivity index (χ4n) is 2.13. The Kier molecular flexibility index (Phi) is 2.65. The number of benzene rings is 1. The molecule has 0 unspecified atom stereocenters. The molecule has 16 heavy (non-hydrogen) atoms.